The van der Waals surface area contributed by atoms with Crippen LogP contribution in [0.25, 0.3) is 0 Å². The van der Waals surface area contributed by atoms with Crippen LogP contribution in [0.2, 0.25) is 0 Å². The molecule has 2 saturated carbocycles. The van der Waals surface area contributed by atoms with E-state index in [1.165, 1.54) is 133 Å². The average Bonchev–Trinajstić information content (AvgIpc) is 2.61. The Morgan fingerprint density at radius 1 is 0.506 bits per heavy atom. The number of likely N-dealkylation sites (tertiary alicyclic amines) is 3. The van der Waals surface area contributed by atoms with Gasteiger partial charge in [-0.1, -0.05) is 134 Å². The Labute approximate surface area is 499 Å². The molecule has 9 aliphatic rings. The highest BCUT2D eigenvalue weighted by Gasteiger charge is 2.52. The Morgan fingerprint density at radius 3 is 1.42 bits per heavy atom. The lowest BCUT2D eigenvalue weighted by molar-refractivity contribution is 0.0283. The van der Waals surface area contributed by atoms with Crippen LogP contribution in [0.5, 0.6) is 23.0 Å². The van der Waals surface area contributed by atoms with Crippen LogP contribution < -0.4 is 5.73 Å². The van der Waals surface area contributed by atoms with E-state index in [4.69, 9.17) is 5.73 Å². The van der Waals surface area contributed by atoms with E-state index in [0.717, 1.165) is 64.2 Å². The minimum Gasteiger partial charge on any atom is -0.508 e. The molecule has 0 spiro atoms. The topological polar surface area (TPSA) is 117 Å². The van der Waals surface area contributed by atoms with E-state index >= 15 is 0 Å². The fourth-order valence-corrected chi connectivity index (χ4v) is 17.7. The molecule has 3 saturated heterocycles. The van der Waals surface area contributed by atoms with E-state index in [1.807, 2.05) is 48.5 Å². The van der Waals surface area contributed by atoms with Crippen LogP contribution in [0.3, 0.4) is 0 Å². The molecule has 14 rings (SSSR count). The highest BCUT2D eigenvalue weighted by Crippen LogP contribution is 2.53. The van der Waals surface area contributed by atoms with Crippen LogP contribution >= 0.6 is 0 Å². The number of nitrogens with zero attached hydrogens (tertiary/aromatic N) is 3. The average molecular weight is 1120 g/mol. The third-order valence-electron chi connectivity index (χ3n) is 24.0. The number of fused-ring (bicyclic) bond motifs is 16. The maximum absolute atomic E-state index is 9.94. The molecule has 6 aliphatic carbocycles. The van der Waals surface area contributed by atoms with E-state index in [0.29, 0.717) is 64.8 Å². The van der Waals surface area contributed by atoms with Gasteiger partial charge in [-0.15, -0.1) is 0 Å². The second kappa shape index (κ2) is 24.0. The molecule has 5 aromatic carbocycles. The summed E-state index contributed by atoms with van der Waals surface area (Å²) >= 11 is 0. The molecular weight excluding hydrogens is 1020 g/mol. The summed E-state index contributed by atoms with van der Waals surface area (Å²) in [5.74, 6) is 5.16. The lowest BCUT2D eigenvalue weighted by atomic mass is 9.59. The van der Waals surface area contributed by atoms with Crippen molar-refractivity contribution in [1.82, 2.24) is 14.7 Å². The molecule has 3 unspecified atom stereocenters. The minimum absolute atomic E-state index is 0.0530. The number of phenols is 4. The fraction of sp³-hybridized carbons (Fsp3) is 0.573. The van der Waals surface area contributed by atoms with Crippen LogP contribution in [0.15, 0.2) is 115 Å². The molecule has 12 atom stereocenters. The quantitative estimate of drug-likeness (QED) is 0.102. The number of benzene rings is 5. The van der Waals surface area contributed by atoms with Crippen molar-refractivity contribution in [2.75, 3.05) is 39.3 Å². The molecule has 5 fully saturated rings. The standard InChI is InChI=1S/C22H27NO.C19H27NO.C18H25NO.C16H23NO/c1-16-21-14-18-8-9-19(24)15-20(18)22(16,2)11-13-23(21)12-10-17-6-4-3-5-7-17;1-13(2)7-9-20-10-8-19(4)14(3)18(20)11-15-5-6-16(21)12-17(15)19;1-12-17-9-14-5-6-15(20)10-16(14)18(12,2)7-8-19(17)11-13-3-4-13;1-16-8-4-2-3-5-12(15(16)17)9-11-6-7-13(18)10-14(11)16/h3-9,15-16,21,24H,10-14H2,1-2H3;5-7,12,14,18,21H,8-11H2,1-4H3;5-6,10,12-13,17,20H,3-4,7-9,11H2,1-2H3;6-7,10,12,15,18H,2-5,8-9,17H2,1H3/t16-,21?,22+;14-,18?,19+;12-,17?,18+;12-,15-,16+/m0000/s1. The first-order chi connectivity index (χ1) is 39.7. The lowest BCUT2D eigenvalue weighted by Crippen LogP contribution is -2.58. The van der Waals surface area contributed by atoms with E-state index in [1.54, 1.807) is 0 Å². The Morgan fingerprint density at radius 2 is 0.940 bits per heavy atom. The molecule has 3 aliphatic heterocycles. The van der Waals surface area contributed by atoms with Gasteiger partial charge in [0.1, 0.15) is 23.0 Å². The second-order valence-corrected chi connectivity index (χ2v) is 29.0. The van der Waals surface area contributed by atoms with Crippen molar-refractivity contribution in [3.05, 3.63) is 165 Å². The summed E-state index contributed by atoms with van der Waals surface area (Å²) in [4.78, 5) is 8.12. The Bertz CT molecular complexity index is 3110. The summed E-state index contributed by atoms with van der Waals surface area (Å²) in [6.45, 7) is 28.2. The van der Waals surface area contributed by atoms with Crippen LogP contribution in [0.1, 0.15) is 177 Å². The zero-order chi connectivity index (χ0) is 58.6. The van der Waals surface area contributed by atoms with Gasteiger partial charge in [0.05, 0.1) is 0 Å². The van der Waals surface area contributed by atoms with Gasteiger partial charge in [-0.3, -0.25) is 14.7 Å². The molecule has 5 aromatic rings. The summed E-state index contributed by atoms with van der Waals surface area (Å²) in [7, 11) is 0. The van der Waals surface area contributed by atoms with Crippen molar-refractivity contribution < 1.29 is 20.4 Å². The molecule has 8 heteroatoms. The van der Waals surface area contributed by atoms with Crippen molar-refractivity contribution in [3.63, 3.8) is 0 Å². The predicted molar refractivity (Wildman–Crippen MR) is 341 cm³/mol. The van der Waals surface area contributed by atoms with Gasteiger partial charge in [0.15, 0.2) is 0 Å². The zero-order valence-electron chi connectivity index (χ0n) is 52.1. The highest BCUT2D eigenvalue weighted by molar-refractivity contribution is 5.48. The number of aromatic hydroxyl groups is 4. The molecule has 6 N–H and O–H groups in total. The Hall–Kier alpha value is -5.12. The smallest absolute Gasteiger partial charge is 0.115 e. The zero-order valence-corrected chi connectivity index (χ0v) is 52.1. The van der Waals surface area contributed by atoms with Crippen molar-refractivity contribution in [2.45, 2.75) is 204 Å². The van der Waals surface area contributed by atoms with Crippen LogP contribution in [0, 0.1) is 29.6 Å². The molecule has 446 valence electrons. The Kier molecular flexibility index (Phi) is 17.2. The van der Waals surface area contributed by atoms with E-state index < -0.39 is 0 Å². The molecule has 0 aromatic heterocycles. The monoisotopic (exact) mass is 1120 g/mol. The van der Waals surface area contributed by atoms with Crippen LogP contribution in [0.4, 0.5) is 0 Å². The number of allylic oxidation sites excluding steroid dienone is 1. The van der Waals surface area contributed by atoms with E-state index in [-0.39, 0.29) is 27.7 Å². The minimum atomic E-state index is 0.0530. The normalized spacial score (nSPS) is 33.0. The van der Waals surface area contributed by atoms with Gasteiger partial charge in [-0.25, -0.2) is 0 Å². The van der Waals surface area contributed by atoms with Crippen molar-refractivity contribution in [2.24, 2.45) is 35.3 Å². The number of piperidine rings is 3. The number of rotatable bonds is 7. The molecular formula is C75H102N4O4. The number of hydrogen-bond acceptors (Lipinski definition) is 8. The second-order valence-electron chi connectivity index (χ2n) is 29.0. The van der Waals surface area contributed by atoms with Crippen molar-refractivity contribution >= 4 is 0 Å². The molecule has 0 radical (unpaired) electrons. The van der Waals surface area contributed by atoms with Gasteiger partial charge >= 0.3 is 0 Å². The third-order valence-corrected chi connectivity index (χ3v) is 24.0. The first kappa shape index (κ1) is 59.6. The summed E-state index contributed by atoms with van der Waals surface area (Å²) in [5, 5.41) is 39.4. The van der Waals surface area contributed by atoms with E-state index in [2.05, 4.69) is 138 Å². The highest BCUT2D eigenvalue weighted by atomic mass is 16.3. The maximum Gasteiger partial charge on any atom is 0.115 e. The summed E-state index contributed by atoms with van der Waals surface area (Å²) in [6, 6.07) is 36.9. The summed E-state index contributed by atoms with van der Waals surface area (Å²) in [5.41, 5.74) is 21.3. The largest absolute Gasteiger partial charge is 0.508 e. The molecule has 0 amide bonds. The van der Waals surface area contributed by atoms with Gasteiger partial charge in [0.25, 0.3) is 0 Å². The number of nitrogens with two attached hydrogens (primary N) is 1. The van der Waals surface area contributed by atoms with Gasteiger partial charge in [0, 0.05) is 49.2 Å². The number of hydrogen-bond donors (Lipinski definition) is 5. The van der Waals surface area contributed by atoms with Gasteiger partial charge in [-0.2, -0.15) is 0 Å². The first-order valence-electron chi connectivity index (χ1n) is 32.6. The van der Waals surface area contributed by atoms with Crippen LogP contribution in [-0.2, 0) is 53.8 Å². The SMILES string of the molecule is CC(C)=CCN1CC[C@@]2(C)c3cc(O)ccc3CC1[C@@H]2C.C[C@@]12CCCCC[C@@H](Cc3ccc(O)cc31)[C@@H]2N.C[C@H]1C2Cc3ccc(O)cc3[C@]1(C)CCN2CC1CC1.C[C@H]1C2Cc3ccc(O)cc3[C@]1(C)CCN2CCc1ccccc1. The lowest BCUT2D eigenvalue weighted by Gasteiger charge is -2.54. The molecule has 83 heavy (non-hydrogen) atoms. The summed E-state index contributed by atoms with van der Waals surface area (Å²) < 4.78 is 0. The van der Waals surface area contributed by atoms with Crippen molar-refractivity contribution in [3.8, 4) is 23.0 Å². The molecule has 3 heterocycles. The van der Waals surface area contributed by atoms with Crippen LogP contribution in [-0.4, -0.2) is 98.6 Å². The molecule has 8 nitrogen and oxygen atoms in total. The predicted octanol–water partition coefficient (Wildman–Crippen LogP) is 14.5. The number of phenolic OH excluding ortho intramolecular Hbond substituents is 4. The van der Waals surface area contributed by atoms with Gasteiger partial charge in [0.2, 0.25) is 0 Å². The Balaban J connectivity index is 0.000000116. The van der Waals surface area contributed by atoms with E-state index in [9.17, 15) is 20.4 Å². The first-order valence-corrected chi connectivity index (χ1v) is 32.6. The molecule has 8 bridgehead atoms. The summed E-state index contributed by atoms with van der Waals surface area (Å²) in [6.07, 6.45) is 20.7. The van der Waals surface area contributed by atoms with Gasteiger partial charge in [-0.05, 0) is 255 Å². The van der Waals surface area contributed by atoms with Gasteiger partial charge < -0.3 is 26.2 Å². The maximum atomic E-state index is 9.94. The fourth-order valence-electron chi connectivity index (χ4n) is 17.7. The van der Waals surface area contributed by atoms with Crippen molar-refractivity contribution in [1.29, 1.82) is 0 Å². The third kappa shape index (κ3) is 11.8.